The van der Waals surface area contributed by atoms with E-state index in [-0.39, 0.29) is 12.3 Å². The first-order valence-corrected chi connectivity index (χ1v) is 4.10. The Morgan fingerprint density at radius 1 is 1.73 bits per heavy atom. The minimum Gasteiger partial charge on any atom is -0.363 e. The molecule has 11 heavy (non-hydrogen) atoms. The molecular formula is C8H14N2O. The Hall–Kier alpha value is -0.590. The topological polar surface area (TPSA) is 36.0 Å². The smallest absolute Gasteiger partial charge is 0.113 e. The molecule has 0 N–H and O–H groups in total. The van der Waals surface area contributed by atoms with Gasteiger partial charge in [0.25, 0.3) is 0 Å². The summed E-state index contributed by atoms with van der Waals surface area (Å²) in [5.74, 6) is 0. The Morgan fingerprint density at radius 2 is 2.45 bits per heavy atom. The standard InChI is InChI=1S/C8H14N2O/c1-3-8(11-4-2)10-6-7(10)5-9/h7-8H,3-4,6H2,1-2H3. The summed E-state index contributed by atoms with van der Waals surface area (Å²) in [7, 11) is 0. The zero-order valence-corrected chi connectivity index (χ0v) is 7.08. The van der Waals surface area contributed by atoms with E-state index >= 15 is 0 Å². The van der Waals surface area contributed by atoms with Crippen LogP contribution in [0.1, 0.15) is 20.3 Å². The lowest BCUT2D eigenvalue weighted by atomic mass is 10.4. The van der Waals surface area contributed by atoms with Gasteiger partial charge in [-0.15, -0.1) is 0 Å². The van der Waals surface area contributed by atoms with Crippen LogP contribution >= 0.6 is 0 Å². The second kappa shape index (κ2) is 3.70. The van der Waals surface area contributed by atoms with E-state index in [4.69, 9.17) is 10.00 Å². The van der Waals surface area contributed by atoms with Gasteiger partial charge < -0.3 is 4.74 Å². The summed E-state index contributed by atoms with van der Waals surface area (Å²) in [6, 6.07) is 2.33. The Labute approximate surface area is 67.6 Å². The highest BCUT2D eigenvalue weighted by atomic mass is 16.5. The van der Waals surface area contributed by atoms with Gasteiger partial charge >= 0.3 is 0 Å². The normalized spacial score (nSPS) is 31.0. The summed E-state index contributed by atoms with van der Waals surface area (Å²) >= 11 is 0. The highest BCUT2D eigenvalue weighted by Crippen LogP contribution is 2.22. The van der Waals surface area contributed by atoms with Crippen molar-refractivity contribution in [2.45, 2.75) is 32.5 Å². The van der Waals surface area contributed by atoms with Crippen LogP contribution in [0.4, 0.5) is 0 Å². The van der Waals surface area contributed by atoms with Gasteiger partial charge in [-0.3, -0.25) is 4.90 Å². The van der Waals surface area contributed by atoms with E-state index in [0.717, 1.165) is 19.6 Å². The first-order valence-electron chi connectivity index (χ1n) is 4.10. The highest BCUT2D eigenvalue weighted by Gasteiger charge is 2.39. The van der Waals surface area contributed by atoms with Crippen molar-refractivity contribution < 1.29 is 4.74 Å². The summed E-state index contributed by atoms with van der Waals surface area (Å²) in [5.41, 5.74) is 0. The third-order valence-electron chi connectivity index (χ3n) is 1.88. The minimum atomic E-state index is 0.117. The van der Waals surface area contributed by atoms with Gasteiger partial charge in [0.1, 0.15) is 12.3 Å². The van der Waals surface area contributed by atoms with Crippen molar-refractivity contribution in [3.63, 3.8) is 0 Å². The molecular weight excluding hydrogens is 140 g/mol. The number of hydrogen-bond donors (Lipinski definition) is 0. The fourth-order valence-electron chi connectivity index (χ4n) is 1.23. The molecule has 62 valence electrons. The van der Waals surface area contributed by atoms with Gasteiger partial charge in [-0.05, 0) is 13.3 Å². The fourth-order valence-corrected chi connectivity index (χ4v) is 1.23. The summed E-state index contributed by atoms with van der Waals surface area (Å²) in [6.45, 7) is 5.67. The van der Waals surface area contributed by atoms with Gasteiger partial charge in [0.15, 0.2) is 0 Å². The number of nitrogens with zero attached hydrogens (tertiary/aromatic N) is 2. The van der Waals surface area contributed by atoms with E-state index in [9.17, 15) is 0 Å². The number of ether oxygens (including phenoxy) is 1. The van der Waals surface area contributed by atoms with Crippen molar-refractivity contribution in [1.29, 1.82) is 5.26 Å². The summed E-state index contributed by atoms with van der Waals surface area (Å²) in [6.07, 6.45) is 1.14. The first kappa shape index (κ1) is 8.51. The zero-order valence-electron chi connectivity index (χ0n) is 7.08. The largest absolute Gasteiger partial charge is 0.363 e. The third kappa shape index (κ3) is 1.92. The Balaban J connectivity index is 2.29. The Bertz CT molecular complexity index is 164. The van der Waals surface area contributed by atoms with E-state index in [0.29, 0.717) is 0 Å². The van der Waals surface area contributed by atoms with Crippen LogP contribution < -0.4 is 0 Å². The first-order chi connectivity index (χ1) is 5.33. The molecule has 0 aromatic carbocycles. The number of rotatable bonds is 4. The monoisotopic (exact) mass is 154 g/mol. The summed E-state index contributed by atoms with van der Waals surface area (Å²) in [5, 5.41) is 8.54. The van der Waals surface area contributed by atoms with Crippen molar-refractivity contribution in [2.75, 3.05) is 13.2 Å². The Kier molecular flexibility index (Phi) is 2.86. The van der Waals surface area contributed by atoms with Crippen molar-refractivity contribution in [3.05, 3.63) is 0 Å². The predicted molar refractivity (Wildman–Crippen MR) is 41.8 cm³/mol. The Morgan fingerprint density at radius 3 is 2.82 bits per heavy atom. The fraction of sp³-hybridized carbons (Fsp3) is 0.875. The third-order valence-corrected chi connectivity index (χ3v) is 1.88. The molecule has 1 fully saturated rings. The molecule has 0 radical (unpaired) electrons. The molecule has 1 saturated heterocycles. The van der Waals surface area contributed by atoms with Crippen LogP contribution in [0.3, 0.4) is 0 Å². The maximum absolute atomic E-state index is 8.54. The zero-order chi connectivity index (χ0) is 8.27. The van der Waals surface area contributed by atoms with Crippen LogP contribution in [0.5, 0.6) is 0 Å². The maximum atomic E-state index is 8.54. The van der Waals surface area contributed by atoms with E-state index in [2.05, 4.69) is 17.9 Å². The molecule has 0 aliphatic carbocycles. The molecule has 1 aliphatic heterocycles. The molecule has 3 heteroatoms. The maximum Gasteiger partial charge on any atom is 0.113 e. The van der Waals surface area contributed by atoms with Crippen molar-refractivity contribution >= 4 is 0 Å². The van der Waals surface area contributed by atoms with Gasteiger partial charge in [-0.2, -0.15) is 5.26 Å². The number of hydrogen-bond acceptors (Lipinski definition) is 3. The average Bonchev–Trinajstić information content (AvgIpc) is 2.79. The van der Waals surface area contributed by atoms with Crippen molar-refractivity contribution in [3.8, 4) is 6.07 Å². The lowest BCUT2D eigenvalue weighted by molar-refractivity contribution is -0.00738. The van der Waals surface area contributed by atoms with Crippen LogP contribution in [-0.4, -0.2) is 30.3 Å². The SMILES string of the molecule is CCOC(CC)N1CC1C#N. The highest BCUT2D eigenvalue weighted by molar-refractivity contribution is 5.06. The predicted octanol–water partition coefficient (Wildman–Crippen LogP) is 0.967. The molecule has 0 spiro atoms. The number of nitriles is 1. The van der Waals surface area contributed by atoms with Crippen LogP contribution in [0, 0.1) is 11.3 Å². The molecule has 3 unspecified atom stereocenters. The molecule has 0 aromatic rings. The van der Waals surface area contributed by atoms with Gasteiger partial charge in [-0.1, -0.05) is 6.92 Å². The minimum absolute atomic E-state index is 0.117. The molecule has 0 aromatic heterocycles. The molecule has 1 aliphatic rings. The molecule has 0 amide bonds. The van der Waals surface area contributed by atoms with E-state index in [1.165, 1.54) is 0 Å². The van der Waals surface area contributed by atoms with Crippen LogP contribution in [0.15, 0.2) is 0 Å². The van der Waals surface area contributed by atoms with Gasteiger partial charge in [-0.25, -0.2) is 0 Å². The van der Waals surface area contributed by atoms with E-state index in [1.54, 1.807) is 0 Å². The van der Waals surface area contributed by atoms with Gasteiger partial charge in [0, 0.05) is 13.2 Å². The molecule has 3 nitrogen and oxygen atoms in total. The van der Waals surface area contributed by atoms with E-state index in [1.807, 2.05) is 6.92 Å². The summed E-state index contributed by atoms with van der Waals surface area (Å²) in [4.78, 5) is 2.07. The van der Waals surface area contributed by atoms with Crippen LogP contribution in [0.2, 0.25) is 0 Å². The van der Waals surface area contributed by atoms with E-state index < -0.39 is 0 Å². The van der Waals surface area contributed by atoms with Crippen molar-refractivity contribution in [2.24, 2.45) is 0 Å². The van der Waals surface area contributed by atoms with Gasteiger partial charge in [0.2, 0.25) is 0 Å². The van der Waals surface area contributed by atoms with Crippen LogP contribution in [-0.2, 0) is 4.74 Å². The second-order valence-corrected chi connectivity index (χ2v) is 2.66. The van der Waals surface area contributed by atoms with Gasteiger partial charge in [0.05, 0.1) is 6.07 Å². The average molecular weight is 154 g/mol. The lowest BCUT2D eigenvalue weighted by Gasteiger charge is -2.15. The van der Waals surface area contributed by atoms with Crippen molar-refractivity contribution in [1.82, 2.24) is 4.90 Å². The molecule has 1 rings (SSSR count). The molecule has 0 bridgehead atoms. The quantitative estimate of drug-likeness (QED) is 0.566. The summed E-state index contributed by atoms with van der Waals surface area (Å²) < 4.78 is 5.42. The molecule has 3 atom stereocenters. The van der Waals surface area contributed by atoms with Crippen LogP contribution in [0.25, 0.3) is 0 Å². The second-order valence-electron chi connectivity index (χ2n) is 2.66. The lowest BCUT2D eigenvalue weighted by Crippen LogP contribution is -2.23. The molecule has 1 heterocycles. The molecule has 0 saturated carbocycles.